The molecule has 1 heterocycles. The highest BCUT2D eigenvalue weighted by Crippen LogP contribution is 2.34. The maximum Gasteiger partial charge on any atom is 0.286 e. The topological polar surface area (TPSA) is 135 Å². The Morgan fingerprint density at radius 1 is 1.03 bits per heavy atom. The molecule has 1 aromatic carbocycles. The Hall–Kier alpha value is -3.63. The summed E-state index contributed by atoms with van der Waals surface area (Å²) in [6.07, 6.45) is 5.66. The number of rotatable bonds is 8. The number of nitrogens with zero attached hydrogens (tertiary/aromatic N) is 3. The number of benzene rings is 1. The van der Waals surface area contributed by atoms with Gasteiger partial charge < -0.3 is 24.3 Å². The summed E-state index contributed by atoms with van der Waals surface area (Å²) in [6.45, 7) is 0. The predicted molar refractivity (Wildman–Crippen MR) is 109 cm³/mol. The number of nitro groups is 1. The molecule has 1 saturated carbocycles. The molecular formula is C20H24N4O7. The van der Waals surface area contributed by atoms with E-state index in [1.807, 2.05) is 0 Å². The molecule has 0 radical (unpaired) electrons. The van der Waals surface area contributed by atoms with Gasteiger partial charge in [0.2, 0.25) is 11.8 Å². The Morgan fingerprint density at radius 2 is 1.68 bits per heavy atom. The van der Waals surface area contributed by atoms with Crippen LogP contribution in [0.15, 0.2) is 24.5 Å². The molecule has 11 nitrogen and oxygen atoms in total. The Kier molecular flexibility index (Phi) is 7.06. The molecule has 0 bridgehead atoms. The van der Waals surface area contributed by atoms with Crippen molar-refractivity contribution in [2.24, 2.45) is 0 Å². The number of ether oxygens (including phenoxy) is 4. The van der Waals surface area contributed by atoms with Crippen LogP contribution in [0.1, 0.15) is 36.0 Å². The highest BCUT2D eigenvalue weighted by atomic mass is 16.6. The van der Waals surface area contributed by atoms with Crippen LogP contribution in [0.3, 0.4) is 0 Å². The van der Waals surface area contributed by atoms with Crippen LogP contribution in [0.4, 0.5) is 5.69 Å². The van der Waals surface area contributed by atoms with E-state index < -0.39 is 10.8 Å². The largest absolute Gasteiger partial charge is 0.493 e. The Bertz CT molecular complexity index is 945. The molecule has 0 spiro atoms. The lowest BCUT2D eigenvalue weighted by molar-refractivity contribution is -0.385. The zero-order chi connectivity index (χ0) is 22.4. The SMILES string of the molecule is COc1cncc(OC2CCC(NC(=O)c3cc(OC)c(OC)cc3[N+](=O)[O-])CC2)n1. The average Bonchev–Trinajstić information content (AvgIpc) is 2.79. The van der Waals surface area contributed by atoms with Crippen molar-refractivity contribution in [1.29, 1.82) is 0 Å². The lowest BCUT2D eigenvalue weighted by Gasteiger charge is -2.29. The maximum absolute atomic E-state index is 12.8. The molecule has 1 aromatic heterocycles. The monoisotopic (exact) mass is 432 g/mol. The van der Waals surface area contributed by atoms with Gasteiger partial charge in [0.15, 0.2) is 11.5 Å². The summed E-state index contributed by atoms with van der Waals surface area (Å²) in [7, 11) is 4.28. The molecule has 3 rings (SSSR count). The Labute approximate surface area is 178 Å². The van der Waals surface area contributed by atoms with Crippen molar-refractivity contribution >= 4 is 11.6 Å². The van der Waals surface area contributed by atoms with Crippen molar-refractivity contribution in [3.05, 3.63) is 40.2 Å². The smallest absolute Gasteiger partial charge is 0.286 e. The minimum atomic E-state index is -0.614. The zero-order valence-electron chi connectivity index (χ0n) is 17.5. The molecule has 1 aliphatic carbocycles. The van der Waals surface area contributed by atoms with E-state index in [2.05, 4.69) is 15.3 Å². The van der Waals surface area contributed by atoms with E-state index in [1.54, 1.807) is 0 Å². The summed E-state index contributed by atoms with van der Waals surface area (Å²) in [5.41, 5.74) is -0.420. The maximum atomic E-state index is 12.8. The van der Waals surface area contributed by atoms with Crippen LogP contribution in [0, 0.1) is 10.1 Å². The summed E-state index contributed by atoms with van der Waals surface area (Å²) in [4.78, 5) is 31.8. The summed E-state index contributed by atoms with van der Waals surface area (Å²) in [5.74, 6) is 0.650. The lowest BCUT2D eigenvalue weighted by atomic mass is 9.92. The summed E-state index contributed by atoms with van der Waals surface area (Å²) in [6, 6.07) is 2.38. The number of carbonyl (C=O) groups excluding carboxylic acids is 1. The van der Waals surface area contributed by atoms with E-state index in [1.165, 1.54) is 45.9 Å². The van der Waals surface area contributed by atoms with Gasteiger partial charge in [-0.2, -0.15) is 4.98 Å². The molecule has 1 aliphatic rings. The van der Waals surface area contributed by atoms with Gasteiger partial charge in [-0.05, 0) is 25.7 Å². The molecule has 1 amide bonds. The standard InChI is InChI=1S/C20H24N4O7/c1-28-16-8-14(15(24(26)27)9-17(16)29-2)20(25)22-12-4-6-13(7-5-12)31-19-11-21-10-18(23-19)30-3/h8-13H,4-7H2,1-3H3,(H,22,25). The van der Waals surface area contributed by atoms with Crippen LogP contribution in [-0.4, -0.2) is 54.3 Å². The number of aromatic nitrogens is 2. The van der Waals surface area contributed by atoms with Gasteiger partial charge >= 0.3 is 0 Å². The number of amides is 1. The van der Waals surface area contributed by atoms with Gasteiger partial charge in [-0.1, -0.05) is 0 Å². The first-order valence-electron chi connectivity index (χ1n) is 9.69. The first-order chi connectivity index (χ1) is 14.9. The van der Waals surface area contributed by atoms with Gasteiger partial charge in [-0.3, -0.25) is 19.9 Å². The minimum Gasteiger partial charge on any atom is -0.493 e. The first kappa shape index (κ1) is 22.1. The molecule has 31 heavy (non-hydrogen) atoms. The van der Waals surface area contributed by atoms with Crippen molar-refractivity contribution < 1.29 is 28.7 Å². The molecule has 2 aromatic rings. The number of nitrogens with one attached hydrogen (secondary N) is 1. The number of methoxy groups -OCH3 is 3. The van der Waals surface area contributed by atoms with Crippen LogP contribution in [-0.2, 0) is 0 Å². The molecule has 1 fully saturated rings. The molecule has 0 unspecified atom stereocenters. The minimum absolute atomic E-state index is 0.0648. The van der Waals surface area contributed by atoms with Crippen LogP contribution in [0.25, 0.3) is 0 Å². The van der Waals surface area contributed by atoms with Gasteiger partial charge in [-0.25, -0.2) is 0 Å². The Balaban J connectivity index is 1.62. The van der Waals surface area contributed by atoms with Crippen molar-refractivity contribution in [3.8, 4) is 23.3 Å². The molecule has 0 aliphatic heterocycles. The van der Waals surface area contributed by atoms with Crippen molar-refractivity contribution in [2.75, 3.05) is 21.3 Å². The van der Waals surface area contributed by atoms with E-state index in [4.69, 9.17) is 18.9 Å². The second kappa shape index (κ2) is 9.92. The summed E-state index contributed by atoms with van der Waals surface area (Å²) >= 11 is 0. The average molecular weight is 432 g/mol. The molecular weight excluding hydrogens is 408 g/mol. The van der Waals surface area contributed by atoms with Crippen molar-refractivity contribution in [1.82, 2.24) is 15.3 Å². The third-order valence-corrected chi connectivity index (χ3v) is 5.04. The molecule has 0 atom stereocenters. The lowest BCUT2D eigenvalue weighted by Crippen LogP contribution is -2.40. The molecule has 0 saturated heterocycles. The zero-order valence-corrected chi connectivity index (χ0v) is 17.5. The quantitative estimate of drug-likeness (QED) is 0.493. The summed E-state index contributed by atoms with van der Waals surface area (Å²) < 4.78 is 21.2. The van der Waals surface area contributed by atoms with Crippen LogP contribution in [0.5, 0.6) is 23.3 Å². The second-order valence-corrected chi connectivity index (χ2v) is 6.95. The van der Waals surface area contributed by atoms with E-state index in [0.29, 0.717) is 37.4 Å². The van der Waals surface area contributed by atoms with Gasteiger partial charge in [0, 0.05) is 12.1 Å². The van der Waals surface area contributed by atoms with Gasteiger partial charge in [0.1, 0.15) is 11.7 Å². The van der Waals surface area contributed by atoms with Crippen molar-refractivity contribution in [3.63, 3.8) is 0 Å². The van der Waals surface area contributed by atoms with Gasteiger partial charge in [0.25, 0.3) is 11.6 Å². The van der Waals surface area contributed by atoms with E-state index in [0.717, 1.165) is 0 Å². The van der Waals surface area contributed by atoms with Gasteiger partial charge in [0.05, 0.1) is 44.7 Å². The normalized spacial score (nSPS) is 18.0. The van der Waals surface area contributed by atoms with Crippen LogP contribution >= 0.6 is 0 Å². The number of carbonyl (C=O) groups is 1. The van der Waals surface area contributed by atoms with Crippen molar-refractivity contribution in [2.45, 2.75) is 37.8 Å². The third kappa shape index (κ3) is 5.30. The fourth-order valence-electron chi connectivity index (χ4n) is 3.45. The van der Waals surface area contributed by atoms with Crippen LogP contribution in [0.2, 0.25) is 0 Å². The first-order valence-corrected chi connectivity index (χ1v) is 9.69. The van der Waals surface area contributed by atoms with E-state index in [9.17, 15) is 14.9 Å². The third-order valence-electron chi connectivity index (χ3n) is 5.04. The highest BCUT2D eigenvalue weighted by Gasteiger charge is 2.28. The fraction of sp³-hybridized carbons (Fsp3) is 0.450. The van der Waals surface area contributed by atoms with E-state index in [-0.39, 0.29) is 34.9 Å². The predicted octanol–water partition coefficient (Wildman–Crippen LogP) is 2.53. The van der Waals surface area contributed by atoms with Gasteiger partial charge in [-0.15, -0.1) is 0 Å². The number of hydrogen-bond donors (Lipinski definition) is 1. The molecule has 166 valence electrons. The van der Waals surface area contributed by atoms with Crippen LogP contribution < -0.4 is 24.3 Å². The fourth-order valence-corrected chi connectivity index (χ4v) is 3.45. The number of nitro benzene ring substituents is 1. The second-order valence-electron chi connectivity index (χ2n) is 6.95. The molecule has 1 N–H and O–H groups in total. The summed E-state index contributed by atoms with van der Waals surface area (Å²) in [5, 5.41) is 14.3. The molecule has 11 heteroatoms. The number of hydrogen-bond acceptors (Lipinski definition) is 9. The highest BCUT2D eigenvalue weighted by molar-refractivity contribution is 5.99. The van der Waals surface area contributed by atoms with E-state index >= 15 is 0 Å². The Morgan fingerprint density at radius 3 is 2.29 bits per heavy atom.